The number of benzene rings is 1. The van der Waals surface area contributed by atoms with Gasteiger partial charge in [0.2, 0.25) is 0 Å². The maximum absolute atomic E-state index is 12.8. The molecule has 0 aliphatic rings. The standard InChI is InChI=1S/C8H10ClFN2/c9-8-5(7(12)4-11)2-1-3-6(8)10/h1-3,7H,4,11-12H2/t7-/m1/s1. The van der Waals surface area contributed by atoms with Crippen LogP contribution in [0.4, 0.5) is 4.39 Å². The molecule has 1 atom stereocenters. The minimum absolute atomic E-state index is 0.0652. The Balaban J connectivity index is 3.07. The lowest BCUT2D eigenvalue weighted by Gasteiger charge is -2.10. The van der Waals surface area contributed by atoms with Crippen molar-refractivity contribution in [1.82, 2.24) is 0 Å². The van der Waals surface area contributed by atoms with Crippen LogP contribution >= 0.6 is 11.6 Å². The summed E-state index contributed by atoms with van der Waals surface area (Å²) in [7, 11) is 0. The number of nitrogens with two attached hydrogens (primary N) is 2. The zero-order chi connectivity index (χ0) is 9.14. The van der Waals surface area contributed by atoms with Gasteiger partial charge in [-0.2, -0.15) is 0 Å². The fraction of sp³-hybridized carbons (Fsp3) is 0.250. The number of hydrogen-bond acceptors (Lipinski definition) is 2. The Morgan fingerprint density at radius 2 is 2.17 bits per heavy atom. The Morgan fingerprint density at radius 1 is 1.50 bits per heavy atom. The molecule has 0 bridgehead atoms. The third-order valence-electron chi connectivity index (χ3n) is 1.63. The van der Waals surface area contributed by atoms with Crippen LogP contribution in [0.5, 0.6) is 0 Å². The Hall–Kier alpha value is -0.640. The predicted molar refractivity (Wildman–Crippen MR) is 47.4 cm³/mol. The second-order valence-electron chi connectivity index (χ2n) is 2.49. The number of rotatable bonds is 2. The van der Waals surface area contributed by atoms with Crippen LogP contribution in [-0.2, 0) is 0 Å². The molecule has 1 aromatic carbocycles. The van der Waals surface area contributed by atoms with Gasteiger partial charge in [-0.05, 0) is 11.6 Å². The van der Waals surface area contributed by atoms with Crippen molar-refractivity contribution >= 4 is 11.6 Å². The van der Waals surface area contributed by atoms with Gasteiger partial charge in [-0.3, -0.25) is 0 Å². The van der Waals surface area contributed by atoms with Gasteiger partial charge in [0.05, 0.1) is 5.02 Å². The van der Waals surface area contributed by atoms with Crippen LogP contribution in [0.15, 0.2) is 18.2 Å². The summed E-state index contributed by atoms with van der Waals surface area (Å²) in [5.74, 6) is -0.460. The van der Waals surface area contributed by atoms with E-state index in [9.17, 15) is 4.39 Å². The average molecular weight is 189 g/mol. The molecule has 0 fully saturated rings. The first-order valence-corrected chi connectivity index (χ1v) is 3.94. The van der Waals surface area contributed by atoms with Crippen LogP contribution in [-0.4, -0.2) is 6.54 Å². The second kappa shape index (κ2) is 3.85. The zero-order valence-corrected chi connectivity index (χ0v) is 7.18. The highest BCUT2D eigenvalue weighted by Gasteiger charge is 2.10. The molecule has 1 rings (SSSR count). The molecule has 0 unspecified atom stereocenters. The molecule has 0 spiro atoms. The van der Waals surface area contributed by atoms with Crippen molar-refractivity contribution in [3.63, 3.8) is 0 Å². The summed E-state index contributed by atoms with van der Waals surface area (Å²) in [5, 5.41) is 0.0652. The van der Waals surface area contributed by atoms with Crippen molar-refractivity contribution in [2.45, 2.75) is 6.04 Å². The SMILES string of the molecule is NC[C@@H](N)c1cccc(F)c1Cl. The molecule has 66 valence electrons. The maximum Gasteiger partial charge on any atom is 0.142 e. The molecule has 0 aliphatic heterocycles. The van der Waals surface area contributed by atoms with Gasteiger partial charge in [-0.1, -0.05) is 23.7 Å². The molecule has 0 saturated heterocycles. The lowest BCUT2D eigenvalue weighted by atomic mass is 10.1. The van der Waals surface area contributed by atoms with E-state index in [1.807, 2.05) is 0 Å². The summed E-state index contributed by atoms with van der Waals surface area (Å²) in [6, 6.07) is 4.12. The van der Waals surface area contributed by atoms with Crippen LogP contribution in [0.3, 0.4) is 0 Å². The van der Waals surface area contributed by atoms with Crippen molar-refractivity contribution in [3.05, 3.63) is 34.6 Å². The Morgan fingerprint density at radius 3 is 2.75 bits per heavy atom. The quantitative estimate of drug-likeness (QED) is 0.738. The summed E-state index contributed by atoms with van der Waals surface area (Å²) in [6.07, 6.45) is 0. The van der Waals surface area contributed by atoms with Gasteiger partial charge in [-0.25, -0.2) is 4.39 Å². The van der Waals surface area contributed by atoms with E-state index < -0.39 is 11.9 Å². The van der Waals surface area contributed by atoms with Crippen LogP contribution in [0.2, 0.25) is 5.02 Å². The minimum atomic E-state index is -0.460. The third-order valence-corrected chi connectivity index (χ3v) is 2.03. The normalized spacial score (nSPS) is 13.0. The molecule has 12 heavy (non-hydrogen) atoms. The molecule has 1 aromatic rings. The summed E-state index contributed by atoms with van der Waals surface area (Å²) in [4.78, 5) is 0. The van der Waals surface area contributed by atoms with Crippen molar-refractivity contribution in [1.29, 1.82) is 0 Å². The van der Waals surface area contributed by atoms with Crippen molar-refractivity contribution < 1.29 is 4.39 Å². The fourth-order valence-corrected chi connectivity index (χ4v) is 1.20. The molecule has 4 heteroatoms. The van der Waals surface area contributed by atoms with Gasteiger partial charge >= 0.3 is 0 Å². The first-order valence-electron chi connectivity index (χ1n) is 3.56. The molecule has 4 N–H and O–H groups in total. The molecular formula is C8H10ClFN2. The summed E-state index contributed by atoms with van der Waals surface area (Å²) >= 11 is 5.66. The molecule has 0 saturated carbocycles. The fourth-order valence-electron chi connectivity index (χ4n) is 0.934. The average Bonchev–Trinajstić information content (AvgIpc) is 2.08. The van der Waals surface area contributed by atoms with E-state index in [-0.39, 0.29) is 11.6 Å². The van der Waals surface area contributed by atoms with Gasteiger partial charge in [0.25, 0.3) is 0 Å². The van der Waals surface area contributed by atoms with Crippen LogP contribution in [0.25, 0.3) is 0 Å². The van der Waals surface area contributed by atoms with E-state index in [1.54, 1.807) is 12.1 Å². The molecule has 0 aromatic heterocycles. The topological polar surface area (TPSA) is 52.0 Å². The largest absolute Gasteiger partial charge is 0.329 e. The zero-order valence-electron chi connectivity index (χ0n) is 6.43. The van der Waals surface area contributed by atoms with Crippen molar-refractivity contribution in [2.24, 2.45) is 11.5 Å². The Labute approximate surface area is 75.3 Å². The van der Waals surface area contributed by atoms with E-state index in [2.05, 4.69) is 0 Å². The summed E-state index contributed by atoms with van der Waals surface area (Å²) < 4.78 is 12.8. The third kappa shape index (κ3) is 1.75. The molecule has 0 radical (unpaired) electrons. The van der Waals surface area contributed by atoms with Gasteiger partial charge in [0.1, 0.15) is 5.82 Å². The Bertz CT molecular complexity index is 278. The van der Waals surface area contributed by atoms with Crippen LogP contribution < -0.4 is 11.5 Å². The minimum Gasteiger partial charge on any atom is -0.329 e. The summed E-state index contributed by atoms with van der Waals surface area (Å²) in [5.41, 5.74) is 11.5. The smallest absolute Gasteiger partial charge is 0.142 e. The van der Waals surface area contributed by atoms with E-state index >= 15 is 0 Å². The highest BCUT2D eigenvalue weighted by molar-refractivity contribution is 6.31. The number of hydrogen-bond donors (Lipinski definition) is 2. The van der Waals surface area contributed by atoms with E-state index in [4.69, 9.17) is 23.1 Å². The maximum atomic E-state index is 12.8. The molecule has 0 amide bonds. The summed E-state index contributed by atoms with van der Waals surface area (Å²) in [6.45, 7) is 0.253. The highest BCUT2D eigenvalue weighted by Crippen LogP contribution is 2.23. The number of halogens is 2. The predicted octanol–water partition coefficient (Wildman–Crippen LogP) is 1.44. The lowest BCUT2D eigenvalue weighted by Crippen LogP contribution is -2.21. The second-order valence-corrected chi connectivity index (χ2v) is 2.86. The van der Waals surface area contributed by atoms with E-state index in [0.29, 0.717) is 5.56 Å². The van der Waals surface area contributed by atoms with Gasteiger partial charge in [0.15, 0.2) is 0 Å². The molecule has 2 nitrogen and oxygen atoms in total. The first-order chi connectivity index (χ1) is 5.66. The molecular weight excluding hydrogens is 179 g/mol. The van der Waals surface area contributed by atoms with Crippen molar-refractivity contribution in [3.8, 4) is 0 Å². The lowest BCUT2D eigenvalue weighted by molar-refractivity contribution is 0.620. The van der Waals surface area contributed by atoms with Crippen LogP contribution in [0, 0.1) is 5.82 Å². The molecule has 0 heterocycles. The van der Waals surface area contributed by atoms with E-state index in [0.717, 1.165) is 0 Å². The van der Waals surface area contributed by atoms with Crippen molar-refractivity contribution in [2.75, 3.05) is 6.54 Å². The van der Waals surface area contributed by atoms with E-state index in [1.165, 1.54) is 6.07 Å². The highest BCUT2D eigenvalue weighted by atomic mass is 35.5. The van der Waals surface area contributed by atoms with Gasteiger partial charge in [0, 0.05) is 12.6 Å². The van der Waals surface area contributed by atoms with Gasteiger partial charge in [-0.15, -0.1) is 0 Å². The van der Waals surface area contributed by atoms with Crippen LogP contribution in [0.1, 0.15) is 11.6 Å². The monoisotopic (exact) mass is 188 g/mol. The first kappa shape index (κ1) is 9.45. The molecule has 0 aliphatic carbocycles. The van der Waals surface area contributed by atoms with Gasteiger partial charge < -0.3 is 11.5 Å². The Kier molecular flexibility index (Phi) is 3.03.